The van der Waals surface area contributed by atoms with E-state index in [0.717, 1.165) is 96.3 Å². The summed E-state index contributed by atoms with van der Waals surface area (Å²) in [7, 11) is 1.16. The van der Waals surface area contributed by atoms with E-state index in [9.17, 15) is 19.0 Å². The lowest BCUT2D eigenvalue weighted by Gasteiger charge is -2.30. The summed E-state index contributed by atoms with van der Waals surface area (Å²) in [5.74, 6) is -0.580. The number of esters is 1. The Balaban J connectivity index is 5.35. The molecule has 1 N–H and O–H groups in total. The fourth-order valence-electron chi connectivity index (χ4n) is 8.38. The molecule has 3 atom stereocenters. The lowest BCUT2D eigenvalue weighted by Crippen LogP contribution is -2.47. The summed E-state index contributed by atoms with van der Waals surface area (Å²) in [6.07, 6.45) is 67.2. The van der Waals surface area contributed by atoms with Crippen LogP contribution < -0.4 is 10.2 Å². The summed E-state index contributed by atoms with van der Waals surface area (Å²) < 4.78 is 30.2. The Morgan fingerprint density at radius 2 is 0.836 bits per heavy atom. The quantitative estimate of drug-likeness (QED) is 0.0212. The van der Waals surface area contributed by atoms with E-state index in [-0.39, 0.29) is 24.9 Å². The summed E-state index contributed by atoms with van der Waals surface area (Å²) >= 11 is 0. The molecule has 9 nitrogen and oxygen atoms in total. The number of quaternary nitrogens is 1. The van der Waals surface area contributed by atoms with Gasteiger partial charge >= 0.3 is 5.97 Å². The first-order valence-electron chi connectivity index (χ1n) is 30.2. The number of allylic oxidation sites excluding steroid dienone is 11. The molecule has 0 saturated heterocycles. The molecule has 3 unspecified atom stereocenters. The van der Waals surface area contributed by atoms with Crippen LogP contribution in [0, 0.1) is 0 Å². The Hall–Kier alpha value is -2.55. The summed E-state index contributed by atoms with van der Waals surface area (Å²) in [6.45, 7) is 6.78. The van der Waals surface area contributed by atoms with Crippen LogP contribution in [0.3, 0.4) is 0 Å². The number of carbonyl (C=O) groups excluding carboxylic acids is 2. The lowest BCUT2D eigenvalue weighted by molar-refractivity contribution is -0.870. The molecule has 0 aliphatic heterocycles. The Kier molecular flexibility index (Phi) is 51.0. The normalized spacial score (nSPS) is 14.2. The molecule has 0 radical (unpaired) electrons. The smallest absolute Gasteiger partial charge is 0.306 e. The van der Waals surface area contributed by atoms with Crippen molar-refractivity contribution in [3.8, 4) is 0 Å². The van der Waals surface area contributed by atoms with Crippen LogP contribution in [0.4, 0.5) is 0 Å². The first-order valence-corrected chi connectivity index (χ1v) is 31.7. The summed E-state index contributed by atoms with van der Waals surface area (Å²) in [5.41, 5.74) is 0. The number of nitrogens with zero attached hydrogens (tertiary/aromatic N) is 1. The molecule has 73 heavy (non-hydrogen) atoms. The monoisotopic (exact) mass is 1040 g/mol. The van der Waals surface area contributed by atoms with Crippen molar-refractivity contribution in [1.29, 1.82) is 0 Å². The summed E-state index contributed by atoms with van der Waals surface area (Å²) in [5, 5.41) is 3.01. The molecular formula is C63H115N2O7P. The van der Waals surface area contributed by atoms with Gasteiger partial charge in [0.2, 0.25) is 5.91 Å². The number of unbranched alkanes of at least 4 members (excludes halogenated alkanes) is 28. The number of nitrogens with one attached hydrogen (secondary N) is 1. The summed E-state index contributed by atoms with van der Waals surface area (Å²) in [4.78, 5) is 39.9. The second kappa shape index (κ2) is 52.9. The minimum atomic E-state index is -4.71. The number of carbonyl (C=O) groups is 2. The predicted molar refractivity (Wildman–Crippen MR) is 312 cm³/mol. The van der Waals surface area contributed by atoms with Gasteiger partial charge in [0.15, 0.2) is 0 Å². The molecule has 0 aromatic carbocycles. The SMILES string of the molecule is CCCCC/C=C\C/C=C\C/C=C\C/C=C\CCCCCCCC(=O)OC(/C=C\CCCCCCCCCCCCC)C(COP(=O)([O-])OCC[N+](C)(C)C)NC(=O)CCCCC/C=C\CCCCCCCC. The van der Waals surface area contributed by atoms with Gasteiger partial charge in [-0.15, -0.1) is 0 Å². The van der Waals surface area contributed by atoms with E-state index < -0.39 is 26.6 Å². The van der Waals surface area contributed by atoms with E-state index in [1.807, 2.05) is 33.3 Å². The maximum absolute atomic E-state index is 13.5. The average Bonchev–Trinajstić information content (AvgIpc) is 3.35. The van der Waals surface area contributed by atoms with Crippen molar-refractivity contribution in [2.75, 3.05) is 40.9 Å². The maximum atomic E-state index is 13.5. The van der Waals surface area contributed by atoms with Crippen LogP contribution in [0.15, 0.2) is 72.9 Å². The van der Waals surface area contributed by atoms with Gasteiger partial charge in [0.1, 0.15) is 19.3 Å². The Morgan fingerprint density at radius 3 is 1.30 bits per heavy atom. The highest BCUT2D eigenvalue weighted by Crippen LogP contribution is 2.38. The van der Waals surface area contributed by atoms with E-state index in [1.54, 1.807) is 0 Å². The van der Waals surface area contributed by atoms with Crippen molar-refractivity contribution in [2.45, 2.75) is 277 Å². The van der Waals surface area contributed by atoms with Crippen molar-refractivity contribution in [1.82, 2.24) is 5.32 Å². The molecular weight excluding hydrogens is 928 g/mol. The van der Waals surface area contributed by atoms with Crippen LogP contribution in [0.1, 0.15) is 265 Å². The zero-order valence-electron chi connectivity index (χ0n) is 48.3. The number of amides is 1. The van der Waals surface area contributed by atoms with Gasteiger partial charge in [-0.2, -0.15) is 0 Å². The molecule has 0 rings (SSSR count). The highest BCUT2D eigenvalue weighted by atomic mass is 31.2. The minimum Gasteiger partial charge on any atom is -0.756 e. The molecule has 0 saturated carbocycles. The topological polar surface area (TPSA) is 114 Å². The molecule has 0 aliphatic rings. The van der Waals surface area contributed by atoms with Crippen molar-refractivity contribution in [3.05, 3.63) is 72.9 Å². The molecule has 0 aromatic rings. The number of rotatable bonds is 54. The molecule has 0 aliphatic carbocycles. The molecule has 0 fully saturated rings. The van der Waals surface area contributed by atoms with Crippen LogP contribution in [0.5, 0.6) is 0 Å². The number of likely N-dealkylation sites (N-methyl/N-ethyl adjacent to an activating group) is 1. The van der Waals surface area contributed by atoms with Gasteiger partial charge in [-0.25, -0.2) is 0 Å². The van der Waals surface area contributed by atoms with Gasteiger partial charge in [0.05, 0.1) is 33.8 Å². The lowest BCUT2D eigenvalue weighted by atomic mass is 10.0. The molecule has 10 heteroatoms. The fourth-order valence-corrected chi connectivity index (χ4v) is 9.10. The largest absolute Gasteiger partial charge is 0.756 e. The highest BCUT2D eigenvalue weighted by Gasteiger charge is 2.27. The number of phosphoric ester groups is 1. The van der Waals surface area contributed by atoms with Crippen LogP contribution in [-0.2, 0) is 27.9 Å². The van der Waals surface area contributed by atoms with E-state index in [2.05, 4.69) is 86.8 Å². The predicted octanol–water partition coefficient (Wildman–Crippen LogP) is 17.8. The van der Waals surface area contributed by atoms with Gasteiger partial charge in [-0.1, -0.05) is 222 Å². The third kappa shape index (κ3) is 54.1. The minimum absolute atomic E-state index is 0.0304. The van der Waals surface area contributed by atoms with Crippen LogP contribution in [-0.4, -0.2) is 69.4 Å². The third-order valence-corrected chi connectivity index (χ3v) is 14.1. The second-order valence-corrected chi connectivity index (χ2v) is 22.9. The summed E-state index contributed by atoms with van der Waals surface area (Å²) in [6, 6.07) is -0.906. The van der Waals surface area contributed by atoms with Crippen molar-refractivity contribution >= 4 is 19.7 Å². The zero-order valence-corrected chi connectivity index (χ0v) is 49.2. The first kappa shape index (κ1) is 70.5. The molecule has 0 bridgehead atoms. The molecule has 424 valence electrons. The Morgan fingerprint density at radius 1 is 0.479 bits per heavy atom. The van der Waals surface area contributed by atoms with Crippen LogP contribution in [0.25, 0.3) is 0 Å². The maximum Gasteiger partial charge on any atom is 0.306 e. The Labute approximate surface area is 451 Å². The first-order chi connectivity index (χ1) is 35.4. The van der Waals surface area contributed by atoms with Gasteiger partial charge < -0.3 is 28.5 Å². The zero-order chi connectivity index (χ0) is 53.6. The van der Waals surface area contributed by atoms with Gasteiger partial charge in [-0.05, 0) is 102 Å². The molecule has 0 heterocycles. The van der Waals surface area contributed by atoms with Gasteiger partial charge in [-0.3, -0.25) is 14.2 Å². The molecule has 1 amide bonds. The van der Waals surface area contributed by atoms with Crippen molar-refractivity contribution in [3.63, 3.8) is 0 Å². The fraction of sp³-hybridized carbons (Fsp3) is 0.778. The third-order valence-electron chi connectivity index (χ3n) is 13.1. The average molecular weight is 1040 g/mol. The van der Waals surface area contributed by atoms with E-state index >= 15 is 0 Å². The van der Waals surface area contributed by atoms with E-state index in [1.165, 1.54) is 122 Å². The second-order valence-electron chi connectivity index (χ2n) is 21.5. The standard InChI is InChI=1S/C63H115N2O7P/c1-7-10-13-16-19-22-25-28-29-30-31-32-33-34-35-38-41-44-47-50-53-56-63(67)72-61(54-51-48-45-42-39-36-26-23-20-17-14-11-8-2)60(59-71-73(68,69)70-58-57-65(4,5)6)64-62(66)55-52-49-46-43-40-37-27-24-21-18-15-12-9-3/h19,22,28-29,31-32,34-35,37,40,51,54,60-61H,7-18,20-21,23-27,30,33,36,38-39,41-50,52-53,55-59H2,1-6H3,(H-,64,66,68,69)/b22-19-,29-28-,32-31-,35-34-,40-37-,54-51-. The van der Waals surface area contributed by atoms with Gasteiger partial charge in [0.25, 0.3) is 7.82 Å². The number of ether oxygens (including phenoxy) is 1. The number of hydrogen-bond donors (Lipinski definition) is 1. The van der Waals surface area contributed by atoms with Crippen molar-refractivity contribution in [2.24, 2.45) is 0 Å². The Bertz CT molecular complexity index is 1480. The number of hydrogen-bond acceptors (Lipinski definition) is 7. The van der Waals surface area contributed by atoms with E-state index in [4.69, 9.17) is 13.8 Å². The van der Waals surface area contributed by atoms with Gasteiger partial charge in [0, 0.05) is 12.8 Å². The number of phosphoric acid groups is 1. The van der Waals surface area contributed by atoms with Crippen LogP contribution in [0.2, 0.25) is 0 Å². The highest BCUT2D eigenvalue weighted by molar-refractivity contribution is 7.45. The van der Waals surface area contributed by atoms with Crippen molar-refractivity contribution < 1.29 is 37.3 Å². The molecule has 0 aromatic heterocycles. The van der Waals surface area contributed by atoms with Crippen LogP contribution >= 0.6 is 7.82 Å². The van der Waals surface area contributed by atoms with E-state index in [0.29, 0.717) is 30.3 Å². The molecule has 0 spiro atoms.